The van der Waals surface area contributed by atoms with Crippen LogP contribution in [0.15, 0.2) is 72.8 Å². The lowest BCUT2D eigenvalue weighted by molar-refractivity contribution is 0.0496. The van der Waals surface area contributed by atoms with Crippen LogP contribution in [0.25, 0.3) is 11.3 Å². The number of nitrogens with one attached hydrogen (secondary N) is 1. The van der Waals surface area contributed by atoms with E-state index < -0.39 is 11.7 Å². The fraction of sp³-hybridized carbons (Fsp3) is 0.292. The average Bonchev–Trinajstić information content (AvgIpc) is 2.72. The van der Waals surface area contributed by atoms with Crippen LogP contribution in [0.2, 0.25) is 0 Å². The van der Waals surface area contributed by atoms with E-state index in [0.717, 1.165) is 22.5 Å². The van der Waals surface area contributed by atoms with E-state index in [2.05, 4.69) is 15.5 Å². The van der Waals surface area contributed by atoms with E-state index in [9.17, 15) is 4.79 Å². The Morgan fingerprint density at radius 3 is 2.07 bits per heavy atom. The van der Waals surface area contributed by atoms with Crippen molar-refractivity contribution in [2.45, 2.75) is 45.3 Å². The average molecular weight is 389 g/mol. The Morgan fingerprint density at radius 1 is 0.897 bits per heavy atom. The van der Waals surface area contributed by atoms with Crippen LogP contribution in [-0.4, -0.2) is 21.9 Å². The molecule has 0 saturated heterocycles. The smallest absolute Gasteiger partial charge is 0.408 e. The maximum Gasteiger partial charge on any atom is 0.408 e. The lowest BCUT2D eigenvalue weighted by atomic mass is 9.91. The van der Waals surface area contributed by atoms with Gasteiger partial charge in [-0.2, -0.15) is 10.2 Å². The van der Waals surface area contributed by atoms with E-state index in [4.69, 9.17) is 4.74 Å². The quantitative estimate of drug-likeness (QED) is 0.625. The van der Waals surface area contributed by atoms with Crippen molar-refractivity contribution in [3.05, 3.63) is 84.1 Å². The first-order chi connectivity index (χ1) is 13.8. The van der Waals surface area contributed by atoms with Crippen molar-refractivity contribution < 1.29 is 9.53 Å². The zero-order chi connectivity index (χ0) is 20.9. The third-order valence-corrected chi connectivity index (χ3v) is 4.55. The minimum atomic E-state index is -0.564. The van der Waals surface area contributed by atoms with Gasteiger partial charge in [0.1, 0.15) is 5.60 Å². The molecule has 1 amide bonds. The molecule has 1 heterocycles. The van der Waals surface area contributed by atoms with Gasteiger partial charge in [0.05, 0.1) is 17.4 Å². The Morgan fingerprint density at radius 2 is 1.52 bits per heavy atom. The number of ether oxygens (including phenoxy) is 1. The number of rotatable bonds is 5. The molecule has 0 spiro atoms. The van der Waals surface area contributed by atoms with Crippen molar-refractivity contribution >= 4 is 6.09 Å². The third kappa shape index (κ3) is 5.64. The van der Waals surface area contributed by atoms with E-state index >= 15 is 0 Å². The van der Waals surface area contributed by atoms with Crippen LogP contribution < -0.4 is 5.32 Å². The van der Waals surface area contributed by atoms with Crippen LogP contribution >= 0.6 is 0 Å². The molecule has 0 aliphatic rings. The second kappa shape index (κ2) is 8.86. The van der Waals surface area contributed by atoms with Crippen molar-refractivity contribution in [3.63, 3.8) is 0 Å². The summed E-state index contributed by atoms with van der Waals surface area (Å²) in [5, 5.41) is 11.8. The Kier molecular flexibility index (Phi) is 6.27. The van der Waals surface area contributed by atoms with Crippen molar-refractivity contribution in [1.82, 2.24) is 15.5 Å². The molecule has 0 fully saturated rings. The number of amides is 1. The van der Waals surface area contributed by atoms with Crippen molar-refractivity contribution in [3.8, 4) is 11.3 Å². The summed E-state index contributed by atoms with van der Waals surface area (Å²) in [5.41, 5.74) is 3.06. The lowest BCUT2D eigenvalue weighted by Crippen LogP contribution is -2.37. The molecule has 5 heteroatoms. The Bertz CT molecular complexity index is 920. The van der Waals surface area contributed by atoms with Gasteiger partial charge in [-0.15, -0.1) is 0 Å². The van der Waals surface area contributed by atoms with Crippen LogP contribution in [-0.2, 0) is 4.74 Å². The number of carbonyl (C=O) groups is 1. The fourth-order valence-corrected chi connectivity index (χ4v) is 3.11. The van der Waals surface area contributed by atoms with E-state index in [-0.39, 0.29) is 12.0 Å². The van der Waals surface area contributed by atoms with Crippen LogP contribution in [0.5, 0.6) is 0 Å². The van der Waals surface area contributed by atoms with Crippen molar-refractivity contribution in [2.75, 3.05) is 0 Å². The van der Waals surface area contributed by atoms with Gasteiger partial charge in [-0.25, -0.2) is 4.79 Å². The van der Waals surface area contributed by atoms with E-state index in [1.54, 1.807) is 0 Å². The van der Waals surface area contributed by atoms with Gasteiger partial charge in [0, 0.05) is 11.5 Å². The fourth-order valence-electron chi connectivity index (χ4n) is 3.11. The van der Waals surface area contributed by atoms with E-state index in [0.29, 0.717) is 0 Å². The van der Waals surface area contributed by atoms with Gasteiger partial charge in [-0.1, -0.05) is 67.6 Å². The molecule has 0 bridgehead atoms. The maximum atomic E-state index is 12.4. The zero-order valence-corrected chi connectivity index (χ0v) is 17.3. The molecule has 0 saturated carbocycles. The second-order valence-electron chi connectivity index (χ2n) is 8.03. The molecule has 0 radical (unpaired) electrons. The normalized spacial score (nSPS) is 13.4. The highest BCUT2D eigenvalue weighted by Crippen LogP contribution is 2.30. The monoisotopic (exact) mass is 389 g/mol. The number of aromatic nitrogens is 2. The number of carbonyl (C=O) groups excluding carboxylic acids is 1. The molecule has 0 aliphatic carbocycles. The molecule has 1 N–H and O–H groups in total. The van der Waals surface area contributed by atoms with Gasteiger partial charge in [0.2, 0.25) is 0 Å². The van der Waals surface area contributed by atoms with Crippen molar-refractivity contribution in [2.24, 2.45) is 0 Å². The van der Waals surface area contributed by atoms with Gasteiger partial charge in [-0.05, 0) is 38.5 Å². The first kappa shape index (κ1) is 20.5. The molecule has 3 aromatic rings. The number of nitrogens with zero attached hydrogens (tertiary/aromatic N) is 2. The number of hydrogen-bond donors (Lipinski definition) is 1. The summed E-state index contributed by atoms with van der Waals surface area (Å²) in [6.07, 6.45) is -0.452. The summed E-state index contributed by atoms with van der Waals surface area (Å²) in [6, 6.07) is 23.4. The summed E-state index contributed by atoms with van der Waals surface area (Å²) >= 11 is 0. The Labute approximate surface area is 172 Å². The van der Waals surface area contributed by atoms with Gasteiger partial charge in [0.15, 0.2) is 0 Å². The lowest BCUT2D eigenvalue weighted by Gasteiger charge is -2.27. The Hall–Kier alpha value is -3.21. The number of benzene rings is 2. The molecule has 5 nitrogen and oxygen atoms in total. The molecular weight excluding hydrogens is 362 g/mol. The molecule has 2 aromatic carbocycles. The topological polar surface area (TPSA) is 64.1 Å². The summed E-state index contributed by atoms with van der Waals surface area (Å²) in [5.74, 6) is -0.0951. The highest BCUT2D eigenvalue weighted by atomic mass is 16.6. The first-order valence-corrected chi connectivity index (χ1v) is 9.77. The molecule has 0 aliphatic heterocycles. The summed E-state index contributed by atoms with van der Waals surface area (Å²) < 4.78 is 5.47. The van der Waals surface area contributed by atoms with Crippen LogP contribution in [0.1, 0.15) is 50.9 Å². The standard InChI is InChI=1S/C24H27N3O2/c1-17(20-15-16-21(27-26-20)18-11-7-5-8-12-18)22(19-13-9-6-10-14-19)25-23(28)29-24(2,3)4/h5-17,22H,1-4H3,(H,25,28)/t17-,22-/m1/s1. The summed E-state index contributed by atoms with van der Waals surface area (Å²) in [7, 11) is 0. The highest BCUT2D eigenvalue weighted by Gasteiger charge is 2.26. The largest absolute Gasteiger partial charge is 0.444 e. The molecule has 150 valence electrons. The van der Waals surface area contributed by atoms with Gasteiger partial charge in [-0.3, -0.25) is 0 Å². The Balaban J connectivity index is 1.84. The van der Waals surface area contributed by atoms with Gasteiger partial charge < -0.3 is 10.1 Å². The van der Waals surface area contributed by atoms with Gasteiger partial charge >= 0.3 is 6.09 Å². The highest BCUT2D eigenvalue weighted by molar-refractivity contribution is 5.68. The van der Waals surface area contributed by atoms with Crippen LogP contribution in [0, 0.1) is 0 Å². The summed E-state index contributed by atoms with van der Waals surface area (Å²) in [6.45, 7) is 7.57. The number of alkyl carbamates (subject to hydrolysis) is 1. The number of hydrogen-bond acceptors (Lipinski definition) is 4. The molecule has 3 rings (SSSR count). The van der Waals surface area contributed by atoms with E-state index in [1.807, 2.05) is 100 Å². The minimum Gasteiger partial charge on any atom is -0.444 e. The summed E-state index contributed by atoms with van der Waals surface area (Å²) in [4.78, 5) is 12.4. The first-order valence-electron chi connectivity index (χ1n) is 9.77. The third-order valence-electron chi connectivity index (χ3n) is 4.55. The molecule has 2 atom stereocenters. The van der Waals surface area contributed by atoms with Crippen molar-refractivity contribution in [1.29, 1.82) is 0 Å². The minimum absolute atomic E-state index is 0.0951. The zero-order valence-electron chi connectivity index (χ0n) is 17.3. The van der Waals surface area contributed by atoms with Crippen LogP contribution in [0.4, 0.5) is 4.79 Å². The predicted molar refractivity (Wildman–Crippen MR) is 114 cm³/mol. The second-order valence-corrected chi connectivity index (χ2v) is 8.03. The maximum absolute atomic E-state index is 12.4. The molecule has 1 aromatic heterocycles. The molecular formula is C24H27N3O2. The van der Waals surface area contributed by atoms with Gasteiger partial charge in [0.25, 0.3) is 0 Å². The molecule has 29 heavy (non-hydrogen) atoms. The predicted octanol–water partition coefficient (Wildman–Crippen LogP) is 5.51. The molecule has 0 unspecified atom stereocenters. The van der Waals surface area contributed by atoms with E-state index in [1.165, 1.54) is 0 Å². The van der Waals surface area contributed by atoms with Crippen LogP contribution in [0.3, 0.4) is 0 Å². The SMILES string of the molecule is C[C@H](c1ccc(-c2ccccc2)nn1)[C@@H](NC(=O)OC(C)(C)C)c1ccccc1.